The molecule has 5 nitrogen and oxygen atoms in total. The molecule has 0 atom stereocenters. The SMILES string of the molecule is NCC(=O)Nc1cc(B(O)O)ccc1C(F)(F)C(F)(F)C(F)(F)Cl. The number of alkyl halides is 7. The molecule has 0 saturated heterocycles. The number of benzene rings is 1. The van der Waals surface area contributed by atoms with Gasteiger partial charge in [0.2, 0.25) is 5.91 Å². The zero-order valence-corrected chi connectivity index (χ0v) is 12.3. The summed E-state index contributed by atoms with van der Waals surface area (Å²) in [5.41, 5.74) is 1.71. The Balaban J connectivity index is 3.53. The number of hydrogen-bond donors (Lipinski definition) is 4. The van der Waals surface area contributed by atoms with Gasteiger partial charge in [0, 0.05) is 5.69 Å². The fraction of sp³-hybridized carbons (Fsp3) is 0.364. The van der Waals surface area contributed by atoms with E-state index in [9.17, 15) is 31.1 Å². The predicted octanol–water partition coefficient (Wildman–Crippen LogP) is 0.822. The predicted molar refractivity (Wildman–Crippen MR) is 73.6 cm³/mol. The molecule has 0 saturated carbocycles. The van der Waals surface area contributed by atoms with E-state index < -0.39 is 53.5 Å². The third-order valence-corrected chi connectivity index (χ3v) is 3.13. The molecule has 13 heteroatoms. The van der Waals surface area contributed by atoms with Crippen molar-refractivity contribution in [2.75, 3.05) is 11.9 Å². The van der Waals surface area contributed by atoms with Gasteiger partial charge in [-0.2, -0.15) is 26.3 Å². The number of carbonyl (C=O) groups excluding carboxylic acids is 1. The Morgan fingerprint density at radius 3 is 2.17 bits per heavy atom. The molecule has 0 bridgehead atoms. The van der Waals surface area contributed by atoms with Gasteiger partial charge < -0.3 is 21.1 Å². The number of nitrogens with one attached hydrogen (secondary N) is 1. The molecule has 0 unspecified atom stereocenters. The van der Waals surface area contributed by atoms with Crippen molar-refractivity contribution in [1.29, 1.82) is 0 Å². The van der Waals surface area contributed by atoms with Crippen LogP contribution in [0.5, 0.6) is 0 Å². The lowest BCUT2D eigenvalue weighted by atomic mass is 9.79. The molecule has 0 spiro atoms. The van der Waals surface area contributed by atoms with Gasteiger partial charge in [-0.25, -0.2) is 0 Å². The third kappa shape index (κ3) is 3.77. The maximum absolute atomic E-state index is 14.0. The molecular formula is C11H10BClF6N2O3. The van der Waals surface area contributed by atoms with Gasteiger partial charge in [-0.3, -0.25) is 4.79 Å². The summed E-state index contributed by atoms with van der Waals surface area (Å²) in [6.45, 7) is -0.737. The van der Waals surface area contributed by atoms with Crippen LogP contribution < -0.4 is 16.5 Å². The van der Waals surface area contributed by atoms with E-state index in [1.165, 1.54) is 0 Å². The van der Waals surface area contributed by atoms with Crippen molar-refractivity contribution in [2.24, 2.45) is 5.73 Å². The molecule has 0 aromatic heterocycles. The van der Waals surface area contributed by atoms with E-state index in [1.54, 1.807) is 5.32 Å². The van der Waals surface area contributed by atoms with Gasteiger partial charge in [-0.15, -0.1) is 0 Å². The summed E-state index contributed by atoms with van der Waals surface area (Å²) >= 11 is 4.08. The molecule has 0 heterocycles. The maximum atomic E-state index is 14.0. The summed E-state index contributed by atoms with van der Waals surface area (Å²) in [6, 6.07) is 1.32. The van der Waals surface area contributed by atoms with Gasteiger partial charge in [0.1, 0.15) is 0 Å². The number of anilines is 1. The van der Waals surface area contributed by atoms with Crippen molar-refractivity contribution in [1.82, 2.24) is 0 Å². The third-order valence-electron chi connectivity index (χ3n) is 2.89. The van der Waals surface area contributed by atoms with Crippen LogP contribution in [0.25, 0.3) is 0 Å². The molecule has 1 aromatic rings. The quantitative estimate of drug-likeness (QED) is 0.335. The number of amides is 1. The zero-order chi connectivity index (χ0) is 18.9. The van der Waals surface area contributed by atoms with E-state index in [0.717, 1.165) is 0 Å². The molecule has 1 aromatic carbocycles. The van der Waals surface area contributed by atoms with Crippen molar-refractivity contribution in [3.63, 3.8) is 0 Å². The van der Waals surface area contributed by atoms with Crippen LogP contribution in [0.2, 0.25) is 0 Å². The molecular weight excluding hydrogens is 368 g/mol. The number of carbonyl (C=O) groups is 1. The second-order valence-electron chi connectivity index (χ2n) is 4.58. The summed E-state index contributed by atoms with van der Waals surface area (Å²) < 4.78 is 80.1. The molecule has 0 fully saturated rings. The first kappa shape index (κ1) is 20.5. The summed E-state index contributed by atoms with van der Waals surface area (Å²) in [7, 11) is -2.20. The molecule has 24 heavy (non-hydrogen) atoms. The highest BCUT2D eigenvalue weighted by Gasteiger charge is 2.72. The lowest BCUT2D eigenvalue weighted by Crippen LogP contribution is -2.50. The summed E-state index contributed by atoms with van der Waals surface area (Å²) in [5, 5.41) is 14.0. The van der Waals surface area contributed by atoms with Crippen LogP contribution in [0.15, 0.2) is 18.2 Å². The van der Waals surface area contributed by atoms with Crippen molar-refractivity contribution in [3.05, 3.63) is 23.8 Å². The fourth-order valence-electron chi connectivity index (χ4n) is 1.65. The first-order chi connectivity index (χ1) is 10.8. The van der Waals surface area contributed by atoms with Crippen molar-refractivity contribution in [2.45, 2.75) is 17.2 Å². The molecule has 1 amide bonds. The Morgan fingerprint density at radius 1 is 1.21 bits per heavy atom. The van der Waals surface area contributed by atoms with Gasteiger partial charge >= 0.3 is 24.3 Å². The van der Waals surface area contributed by atoms with Crippen LogP contribution >= 0.6 is 11.6 Å². The number of hydrogen-bond acceptors (Lipinski definition) is 4. The Kier molecular flexibility index (Phi) is 5.81. The van der Waals surface area contributed by atoms with E-state index in [1.807, 2.05) is 0 Å². The van der Waals surface area contributed by atoms with Crippen LogP contribution in [-0.2, 0) is 10.7 Å². The highest BCUT2D eigenvalue weighted by Crippen LogP contribution is 2.54. The monoisotopic (exact) mass is 378 g/mol. The minimum absolute atomic E-state index is 0.234. The van der Waals surface area contributed by atoms with Crippen molar-refractivity contribution < 1.29 is 41.2 Å². The summed E-state index contributed by atoms with van der Waals surface area (Å²) in [5.74, 6) is -12.6. The standard InChI is InChI=1S/C11H10BClF6N2O3/c13-11(18,19)10(16,17)9(14,15)6-2-1-5(12(23)24)3-7(6)21-8(22)4-20/h1-3,23-24H,4,20H2,(H,21,22). The smallest absolute Gasteiger partial charge is 0.423 e. The topological polar surface area (TPSA) is 95.6 Å². The normalized spacial score (nSPS) is 12.9. The van der Waals surface area contributed by atoms with E-state index in [4.69, 9.17) is 15.8 Å². The maximum Gasteiger partial charge on any atom is 0.488 e. The Bertz CT molecular complexity index is 626. The minimum atomic E-state index is -6.01. The average Bonchev–Trinajstić information content (AvgIpc) is 2.45. The largest absolute Gasteiger partial charge is 0.488 e. The molecule has 0 radical (unpaired) electrons. The number of halogens is 7. The van der Waals surface area contributed by atoms with Crippen LogP contribution in [-0.4, -0.2) is 40.9 Å². The summed E-state index contributed by atoms with van der Waals surface area (Å²) in [6.07, 6.45) is 0. The lowest BCUT2D eigenvalue weighted by Gasteiger charge is -2.31. The molecule has 5 N–H and O–H groups in total. The molecule has 0 aliphatic rings. The van der Waals surface area contributed by atoms with Crippen LogP contribution in [0, 0.1) is 0 Å². The first-order valence-electron chi connectivity index (χ1n) is 6.08. The van der Waals surface area contributed by atoms with Gasteiger partial charge in [0.05, 0.1) is 12.1 Å². The minimum Gasteiger partial charge on any atom is -0.423 e. The van der Waals surface area contributed by atoms with Crippen LogP contribution in [0.3, 0.4) is 0 Å². The highest BCUT2D eigenvalue weighted by molar-refractivity contribution is 6.58. The zero-order valence-electron chi connectivity index (χ0n) is 11.5. The highest BCUT2D eigenvalue weighted by atomic mass is 35.5. The van der Waals surface area contributed by atoms with E-state index >= 15 is 0 Å². The second-order valence-corrected chi connectivity index (χ2v) is 5.05. The van der Waals surface area contributed by atoms with Gasteiger partial charge in [0.15, 0.2) is 0 Å². The van der Waals surface area contributed by atoms with Crippen molar-refractivity contribution >= 4 is 35.8 Å². The van der Waals surface area contributed by atoms with Gasteiger partial charge in [-0.05, 0) is 23.1 Å². The molecule has 0 aliphatic carbocycles. The Morgan fingerprint density at radius 2 is 1.75 bits per heavy atom. The average molecular weight is 378 g/mol. The molecule has 0 aliphatic heterocycles. The molecule has 1 rings (SSSR count). The van der Waals surface area contributed by atoms with Gasteiger partial charge in [-0.1, -0.05) is 12.1 Å². The van der Waals surface area contributed by atoms with Crippen LogP contribution in [0.4, 0.5) is 32.0 Å². The number of nitrogens with two attached hydrogens (primary N) is 1. The van der Waals surface area contributed by atoms with Crippen molar-refractivity contribution in [3.8, 4) is 0 Å². The van der Waals surface area contributed by atoms with E-state index in [-0.39, 0.29) is 6.07 Å². The summed E-state index contributed by atoms with van der Waals surface area (Å²) in [4.78, 5) is 11.2. The van der Waals surface area contributed by atoms with E-state index in [2.05, 4.69) is 11.6 Å². The Hall–Kier alpha value is -1.50. The fourth-order valence-corrected chi connectivity index (χ4v) is 1.77. The Labute approximate surface area is 136 Å². The second kappa shape index (κ2) is 6.79. The van der Waals surface area contributed by atoms with E-state index in [0.29, 0.717) is 12.1 Å². The molecule has 134 valence electrons. The first-order valence-corrected chi connectivity index (χ1v) is 6.46. The number of rotatable bonds is 6. The van der Waals surface area contributed by atoms with Gasteiger partial charge in [0.25, 0.3) is 0 Å². The van der Waals surface area contributed by atoms with Crippen LogP contribution in [0.1, 0.15) is 5.56 Å². The lowest BCUT2D eigenvalue weighted by molar-refractivity contribution is -0.285.